The predicted molar refractivity (Wildman–Crippen MR) is 90.1 cm³/mol. The zero-order chi connectivity index (χ0) is 18.1. The number of aromatic nitrogens is 4. The van der Waals surface area contributed by atoms with Gasteiger partial charge in [-0.15, -0.1) is 0 Å². The lowest BCUT2D eigenvalue weighted by molar-refractivity contribution is 0.241. The lowest BCUT2D eigenvalue weighted by Gasteiger charge is -2.27. The number of H-pyrrole nitrogens is 1. The third-order valence-electron chi connectivity index (χ3n) is 4.34. The normalized spacial score (nSPS) is 14.2. The van der Waals surface area contributed by atoms with Gasteiger partial charge in [-0.2, -0.15) is 0 Å². The summed E-state index contributed by atoms with van der Waals surface area (Å²) in [6.45, 7) is 1.50. The topological polar surface area (TPSA) is 74.8 Å². The van der Waals surface area contributed by atoms with Gasteiger partial charge in [0.2, 0.25) is 0 Å². The fourth-order valence-electron chi connectivity index (χ4n) is 3.05. The summed E-state index contributed by atoms with van der Waals surface area (Å²) in [5.74, 6) is -1.33. The number of nitrogens with one attached hydrogen (secondary N) is 1. The van der Waals surface area contributed by atoms with Crippen LogP contribution in [0.4, 0.5) is 8.78 Å². The molecule has 1 N–H and O–H groups in total. The Morgan fingerprint density at radius 1 is 1.19 bits per heavy atom. The molecule has 1 aliphatic rings. The summed E-state index contributed by atoms with van der Waals surface area (Å²) in [5.41, 5.74) is 2.28. The Morgan fingerprint density at radius 3 is 2.85 bits per heavy atom. The van der Waals surface area contributed by atoms with Crippen molar-refractivity contribution in [3.63, 3.8) is 0 Å². The van der Waals surface area contributed by atoms with Crippen LogP contribution in [0.25, 0.3) is 11.5 Å². The fraction of sp³-hybridized carbons (Fsp3) is 0.222. The van der Waals surface area contributed by atoms with E-state index >= 15 is 0 Å². The molecule has 0 radical (unpaired) electrons. The highest BCUT2D eigenvalue weighted by Crippen LogP contribution is 2.19. The minimum atomic E-state index is -0.868. The maximum atomic E-state index is 13.4. The van der Waals surface area contributed by atoms with Crippen molar-refractivity contribution in [2.75, 3.05) is 6.54 Å². The third-order valence-corrected chi connectivity index (χ3v) is 4.34. The van der Waals surface area contributed by atoms with Gasteiger partial charge in [-0.3, -0.25) is 14.7 Å². The number of benzene rings is 1. The average molecular weight is 355 g/mol. The minimum absolute atomic E-state index is 0.217. The second-order valence-electron chi connectivity index (χ2n) is 6.14. The van der Waals surface area contributed by atoms with Gasteiger partial charge in [0.05, 0.1) is 17.5 Å². The zero-order valence-electron chi connectivity index (χ0n) is 13.7. The number of hydrogen-bond donors (Lipinski definition) is 1. The van der Waals surface area contributed by atoms with Crippen molar-refractivity contribution in [1.82, 2.24) is 24.8 Å². The Bertz CT molecular complexity index is 1010. The molecule has 0 atom stereocenters. The first kappa shape index (κ1) is 16.5. The van der Waals surface area contributed by atoms with Gasteiger partial charge < -0.3 is 4.98 Å². The summed E-state index contributed by atoms with van der Waals surface area (Å²) in [7, 11) is 0. The molecule has 8 heteroatoms. The molecule has 0 spiro atoms. The summed E-state index contributed by atoms with van der Waals surface area (Å²) in [6.07, 6.45) is 5.23. The molecule has 3 aromatic rings. The van der Waals surface area contributed by atoms with Crippen molar-refractivity contribution in [2.24, 2.45) is 0 Å². The van der Waals surface area contributed by atoms with E-state index in [4.69, 9.17) is 0 Å². The van der Waals surface area contributed by atoms with Crippen molar-refractivity contribution < 1.29 is 8.78 Å². The monoisotopic (exact) mass is 355 g/mol. The van der Waals surface area contributed by atoms with Crippen LogP contribution in [0.2, 0.25) is 0 Å². The smallest absolute Gasteiger partial charge is 0.255 e. The van der Waals surface area contributed by atoms with Crippen LogP contribution in [0.1, 0.15) is 16.8 Å². The molecule has 1 aliphatic heterocycles. The second kappa shape index (κ2) is 6.72. The number of aromatic amines is 1. The van der Waals surface area contributed by atoms with Crippen molar-refractivity contribution in [3.05, 3.63) is 75.6 Å². The van der Waals surface area contributed by atoms with E-state index in [1.165, 1.54) is 6.07 Å². The van der Waals surface area contributed by atoms with Gasteiger partial charge in [0.25, 0.3) is 5.56 Å². The van der Waals surface area contributed by atoms with Crippen molar-refractivity contribution in [3.8, 4) is 11.5 Å². The molecule has 4 rings (SSSR count). The molecular formula is C18H15F2N5O. The first-order chi connectivity index (χ1) is 12.6. The number of halogens is 2. The van der Waals surface area contributed by atoms with E-state index in [-0.39, 0.29) is 5.56 Å². The fourth-order valence-corrected chi connectivity index (χ4v) is 3.05. The van der Waals surface area contributed by atoms with Gasteiger partial charge in [-0.25, -0.2) is 18.7 Å². The van der Waals surface area contributed by atoms with Crippen LogP contribution in [0.3, 0.4) is 0 Å². The lowest BCUT2D eigenvalue weighted by atomic mass is 10.1. The second-order valence-corrected chi connectivity index (χ2v) is 6.14. The van der Waals surface area contributed by atoms with Gasteiger partial charge in [0.1, 0.15) is 5.69 Å². The Kier molecular flexibility index (Phi) is 4.26. The molecule has 2 aromatic heterocycles. The van der Waals surface area contributed by atoms with Crippen LogP contribution in [0, 0.1) is 11.6 Å². The third kappa shape index (κ3) is 3.23. The van der Waals surface area contributed by atoms with E-state index in [0.29, 0.717) is 48.7 Å². The van der Waals surface area contributed by atoms with Gasteiger partial charge in [0.15, 0.2) is 17.5 Å². The van der Waals surface area contributed by atoms with Gasteiger partial charge in [0, 0.05) is 38.4 Å². The van der Waals surface area contributed by atoms with Crippen LogP contribution in [0.15, 0.2) is 41.6 Å². The highest BCUT2D eigenvalue weighted by atomic mass is 19.2. The number of hydrogen-bond acceptors (Lipinski definition) is 5. The Morgan fingerprint density at radius 2 is 2.08 bits per heavy atom. The molecule has 3 heterocycles. The Balaban J connectivity index is 1.57. The van der Waals surface area contributed by atoms with Gasteiger partial charge in [-0.1, -0.05) is 6.07 Å². The summed E-state index contributed by atoms with van der Waals surface area (Å²) in [6, 6.07) is 3.85. The first-order valence-corrected chi connectivity index (χ1v) is 8.15. The number of nitrogens with zero attached hydrogens (tertiary/aromatic N) is 4. The molecule has 0 amide bonds. The maximum Gasteiger partial charge on any atom is 0.255 e. The van der Waals surface area contributed by atoms with E-state index in [2.05, 4.69) is 19.9 Å². The zero-order valence-corrected chi connectivity index (χ0v) is 13.7. The van der Waals surface area contributed by atoms with Crippen LogP contribution in [-0.4, -0.2) is 31.4 Å². The number of rotatable bonds is 3. The molecule has 1 aromatic carbocycles. The summed E-state index contributed by atoms with van der Waals surface area (Å²) in [5, 5.41) is 0. The molecule has 6 nitrogen and oxygen atoms in total. The molecule has 0 saturated carbocycles. The maximum absolute atomic E-state index is 13.4. The highest BCUT2D eigenvalue weighted by Gasteiger charge is 2.22. The summed E-state index contributed by atoms with van der Waals surface area (Å²) < 4.78 is 26.4. The van der Waals surface area contributed by atoms with Gasteiger partial charge in [-0.05, 0) is 17.7 Å². The molecule has 0 bridgehead atoms. The molecule has 26 heavy (non-hydrogen) atoms. The standard InChI is InChI=1S/C18H15F2N5O/c19-13-2-1-11(7-14(13)20)9-25-6-3-15-12(10-25)18(26)24-17(23-15)16-8-21-4-5-22-16/h1-2,4-5,7-8H,3,6,9-10H2,(H,23,24,26). The van der Waals surface area contributed by atoms with Crippen LogP contribution in [-0.2, 0) is 19.5 Å². The van der Waals surface area contributed by atoms with Crippen molar-refractivity contribution in [1.29, 1.82) is 0 Å². The van der Waals surface area contributed by atoms with E-state index < -0.39 is 11.6 Å². The van der Waals surface area contributed by atoms with Crippen molar-refractivity contribution in [2.45, 2.75) is 19.5 Å². The molecular weight excluding hydrogens is 340 g/mol. The largest absolute Gasteiger partial charge is 0.305 e. The van der Waals surface area contributed by atoms with E-state index in [1.54, 1.807) is 24.7 Å². The minimum Gasteiger partial charge on any atom is -0.305 e. The summed E-state index contributed by atoms with van der Waals surface area (Å²) >= 11 is 0. The molecule has 0 fully saturated rings. The molecule has 0 unspecified atom stereocenters. The lowest BCUT2D eigenvalue weighted by Crippen LogP contribution is -2.35. The SMILES string of the molecule is O=c1[nH]c(-c2cnccn2)nc2c1CN(Cc1ccc(F)c(F)c1)CC2. The quantitative estimate of drug-likeness (QED) is 0.778. The van der Waals surface area contributed by atoms with Crippen LogP contribution < -0.4 is 5.56 Å². The molecule has 0 aliphatic carbocycles. The molecule has 0 saturated heterocycles. The highest BCUT2D eigenvalue weighted by molar-refractivity contribution is 5.47. The van der Waals surface area contributed by atoms with Gasteiger partial charge >= 0.3 is 0 Å². The van der Waals surface area contributed by atoms with E-state index in [1.807, 2.05) is 4.90 Å². The number of fused-ring (bicyclic) bond motifs is 1. The Hall–Kier alpha value is -3.00. The predicted octanol–water partition coefficient (Wildman–Crippen LogP) is 2.06. The Labute approximate surface area is 147 Å². The first-order valence-electron chi connectivity index (χ1n) is 8.15. The van der Waals surface area contributed by atoms with Crippen LogP contribution >= 0.6 is 0 Å². The summed E-state index contributed by atoms with van der Waals surface area (Å²) in [4.78, 5) is 29.9. The van der Waals surface area contributed by atoms with Crippen molar-refractivity contribution >= 4 is 0 Å². The molecule has 132 valence electrons. The van der Waals surface area contributed by atoms with Crippen LogP contribution in [0.5, 0.6) is 0 Å². The van der Waals surface area contributed by atoms with E-state index in [9.17, 15) is 13.6 Å². The average Bonchev–Trinajstić information content (AvgIpc) is 2.66. The van der Waals surface area contributed by atoms with E-state index in [0.717, 1.165) is 11.8 Å².